The summed E-state index contributed by atoms with van der Waals surface area (Å²) in [6.07, 6.45) is -0.361. The number of nitro benzene ring substituents is 1. The van der Waals surface area contributed by atoms with Gasteiger partial charge in [-0.25, -0.2) is 0 Å². The molecule has 0 aliphatic heterocycles. The summed E-state index contributed by atoms with van der Waals surface area (Å²) in [5.74, 6) is -0.0994. The zero-order chi connectivity index (χ0) is 16.0. The van der Waals surface area contributed by atoms with Gasteiger partial charge in [-0.15, -0.1) is 0 Å². The van der Waals surface area contributed by atoms with Gasteiger partial charge in [0, 0.05) is 18.2 Å². The van der Waals surface area contributed by atoms with E-state index < -0.39 is 11.0 Å². The van der Waals surface area contributed by atoms with E-state index in [-0.39, 0.29) is 22.9 Å². The lowest BCUT2D eigenvalue weighted by molar-refractivity contribution is -0.386. The third-order valence-corrected chi connectivity index (χ3v) is 2.67. The Morgan fingerprint density at radius 3 is 2.62 bits per heavy atom. The number of hydrogen-bond donors (Lipinski definition) is 1. The first-order chi connectivity index (χ1) is 9.85. The molecule has 1 aromatic rings. The van der Waals surface area contributed by atoms with Gasteiger partial charge in [-0.2, -0.15) is 0 Å². The molecule has 1 unspecified atom stereocenters. The number of amides is 1. The quantitative estimate of drug-likeness (QED) is 0.471. The molecule has 0 aliphatic rings. The number of rotatable bonds is 7. The van der Waals surface area contributed by atoms with E-state index >= 15 is 0 Å². The SMILES string of the molecule is CC(C)CNC(=O)C(C)Oc1ccc(C=O)cc1[N+](=O)[O-]. The summed E-state index contributed by atoms with van der Waals surface area (Å²) in [7, 11) is 0. The average molecular weight is 294 g/mol. The van der Waals surface area contributed by atoms with E-state index in [1.54, 1.807) is 0 Å². The van der Waals surface area contributed by atoms with Gasteiger partial charge in [-0.05, 0) is 25.0 Å². The second-order valence-corrected chi connectivity index (χ2v) is 5.00. The van der Waals surface area contributed by atoms with Crippen molar-refractivity contribution < 1.29 is 19.2 Å². The van der Waals surface area contributed by atoms with Crippen LogP contribution < -0.4 is 10.1 Å². The van der Waals surface area contributed by atoms with Gasteiger partial charge in [0.15, 0.2) is 11.9 Å². The molecule has 0 fully saturated rings. The molecule has 0 saturated heterocycles. The van der Waals surface area contributed by atoms with E-state index in [1.165, 1.54) is 19.1 Å². The molecule has 1 amide bonds. The Hall–Kier alpha value is -2.44. The lowest BCUT2D eigenvalue weighted by Gasteiger charge is -2.15. The Morgan fingerprint density at radius 1 is 1.43 bits per heavy atom. The van der Waals surface area contributed by atoms with Crippen LogP contribution in [0.3, 0.4) is 0 Å². The molecule has 114 valence electrons. The summed E-state index contributed by atoms with van der Waals surface area (Å²) in [6.45, 7) is 5.91. The van der Waals surface area contributed by atoms with Crippen molar-refractivity contribution in [3.05, 3.63) is 33.9 Å². The molecule has 0 spiro atoms. The van der Waals surface area contributed by atoms with E-state index in [0.29, 0.717) is 18.7 Å². The van der Waals surface area contributed by atoms with Crippen LogP contribution in [0.1, 0.15) is 31.1 Å². The molecule has 0 aromatic heterocycles. The summed E-state index contributed by atoms with van der Waals surface area (Å²) in [5, 5.41) is 13.6. The smallest absolute Gasteiger partial charge is 0.311 e. The van der Waals surface area contributed by atoms with E-state index in [0.717, 1.165) is 6.07 Å². The molecular formula is C14H18N2O5. The molecule has 1 aromatic carbocycles. The number of ether oxygens (including phenoxy) is 1. The van der Waals surface area contributed by atoms with Gasteiger partial charge < -0.3 is 10.1 Å². The van der Waals surface area contributed by atoms with Gasteiger partial charge in [-0.3, -0.25) is 19.7 Å². The van der Waals surface area contributed by atoms with Crippen molar-refractivity contribution in [1.29, 1.82) is 0 Å². The summed E-state index contributed by atoms with van der Waals surface area (Å²) >= 11 is 0. The first kappa shape index (κ1) is 16.6. The molecule has 0 saturated carbocycles. The molecule has 0 bridgehead atoms. The number of benzene rings is 1. The molecule has 21 heavy (non-hydrogen) atoms. The second kappa shape index (κ2) is 7.37. The number of carbonyl (C=O) groups excluding carboxylic acids is 2. The highest BCUT2D eigenvalue weighted by molar-refractivity contribution is 5.81. The summed E-state index contributed by atoms with van der Waals surface area (Å²) in [4.78, 5) is 32.8. The number of nitro groups is 1. The lowest BCUT2D eigenvalue weighted by atomic mass is 10.2. The predicted octanol–water partition coefficient (Wildman–Crippen LogP) is 1.95. The Bertz CT molecular complexity index is 542. The zero-order valence-corrected chi connectivity index (χ0v) is 12.2. The van der Waals surface area contributed by atoms with Crippen LogP contribution in [0, 0.1) is 16.0 Å². The maximum absolute atomic E-state index is 11.8. The minimum Gasteiger partial charge on any atom is -0.474 e. The number of nitrogens with zero attached hydrogens (tertiary/aromatic N) is 1. The molecule has 0 aliphatic carbocycles. The molecule has 0 heterocycles. The van der Waals surface area contributed by atoms with Gasteiger partial charge in [0.2, 0.25) is 0 Å². The molecular weight excluding hydrogens is 276 g/mol. The molecule has 7 heteroatoms. The van der Waals surface area contributed by atoms with E-state index in [1.807, 2.05) is 13.8 Å². The lowest BCUT2D eigenvalue weighted by Crippen LogP contribution is -2.38. The summed E-state index contributed by atoms with van der Waals surface area (Å²) in [5.41, 5.74) is -0.172. The van der Waals surface area contributed by atoms with Gasteiger partial charge in [0.25, 0.3) is 5.91 Å². The van der Waals surface area contributed by atoms with Crippen molar-refractivity contribution in [3.8, 4) is 5.75 Å². The monoisotopic (exact) mass is 294 g/mol. The third-order valence-electron chi connectivity index (χ3n) is 2.67. The zero-order valence-electron chi connectivity index (χ0n) is 12.2. The maximum Gasteiger partial charge on any atom is 0.311 e. The standard InChI is InChI=1S/C14H18N2O5/c1-9(2)7-15-14(18)10(3)21-13-5-4-11(8-17)6-12(13)16(19)20/h4-6,8-10H,7H2,1-3H3,(H,15,18). The van der Waals surface area contributed by atoms with E-state index in [2.05, 4.69) is 5.32 Å². The normalized spacial score (nSPS) is 11.8. The van der Waals surface area contributed by atoms with Crippen molar-refractivity contribution >= 4 is 17.9 Å². The van der Waals surface area contributed by atoms with Crippen LogP contribution in [-0.2, 0) is 4.79 Å². The van der Waals surface area contributed by atoms with Crippen LogP contribution in [0.5, 0.6) is 5.75 Å². The highest BCUT2D eigenvalue weighted by Gasteiger charge is 2.21. The Balaban J connectivity index is 2.84. The van der Waals surface area contributed by atoms with Crippen LogP contribution >= 0.6 is 0 Å². The number of aldehydes is 1. The minimum atomic E-state index is -0.871. The Kier molecular flexibility index (Phi) is 5.83. The second-order valence-electron chi connectivity index (χ2n) is 5.00. The minimum absolute atomic E-state index is 0.0437. The Morgan fingerprint density at radius 2 is 2.10 bits per heavy atom. The molecule has 7 nitrogen and oxygen atoms in total. The van der Waals surface area contributed by atoms with Crippen LogP contribution in [0.25, 0.3) is 0 Å². The first-order valence-electron chi connectivity index (χ1n) is 6.53. The van der Waals surface area contributed by atoms with Crippen molar-refractivity contribution in [2.24, 2.45) is 5.92 Å². The van der Waals surface area contributed by atoms with Crippen LogP contribution in [0.2, 0.25) is 0 Å². The summed E-state index contributed by atoms with van der Waals surface area (Å²) in [6, 6.07) is 3.82. The maximum atomic E-state index is 11.8. The molecule has 1 rings (SSSR count). The largest absolute Gasteiger partial charge is 0.474 e. The number of carbonyl (C=O) groups is 2. The van der Waals surface area contributed by atoms with Crippen molar-refractivity contribution in [2.75, 3.05) is 6.54 Å². The molecule has 1 atom stereocenters. The highest BCUT2D eigenvalue weighted by Crippen LogP contribution is 2.28. The van der Waals surface area contributed by atoms with Crippen LogP contribution in [0.4, 0.5) is 5.69 Å². The van der Waals surface area contributed by atoms with Crippen molar-refractivity contribution in [3.63, 3.8) is 0 Å². The van der Waals surface area contributed by atoms with Gasteiger partial charge in [0.1, 0.15) is 6.29 Å². The van der Waals surface area contributed by atoms with E-state index in [4.69, 9.17) is 4.74 Å². The van der Waals surface area contributed by atoms with Gasteiger partial charge >= 0.3 is 5.69 Å². The van der Waals surface area contributed by atoms with Crippen LogP contribution in [-0.4, -0.2) is 29.8 Å². The number of hydrogen-bond acceptors (Lipinski definition) is 5. The first-order valence-corrected chi connectivity index (χ1v) is 6.53. The molecule has 0 radical (unpaired) electrons. The molecule has 1 N–H and O–H groups in total. The van der Waals surface area contributed by atoms with Crippen molar-refractivity contribution in [1.82, 2.24) is 5.32 Å². The fourth-order valence-corrected chi connectivity index (χ4v) is 1.54. The van der Waals surface area contributed by atoms with Crippen LogP contribution in [0.15, 0.2) is 18.2 Å². The van der Waals surface area contributed by atoms with E-state index in [9.17, 15) is 19.7 Å². The fourth-order valence-electron chi connectivity index (χ4n) is 1.54. The topological polar surface area (TPSA) is 98.5 Å². The average Bonchev–Trinajstić information content (AvgIpc) is 2.44. The van der Waals surface area contributed by atoms with Crippen molar-refractivity contribution in [2.45, 2.75) is 26.9 Å². The summed E-state index contributed by atoms with van der Waals surface area (Å²) < 4.78 is 5.33. The highest BCUT2D eigenvalue weighted by atomic mass is 16.6. The van der Waals surface area contributed by atoms with Gasteiger partial charge in [0.05, 0.1) is 4.92 Å². The Labute approximate surface area is 122 Å². The fraction of sp³-hybridized carbons (Fsp3) is 0.429. The van der Waals surface area contributed by atoms with Gasteiger partial charge in [-0.1, -0.05) is 13.8 Å². The number of nitrogens with one attached hydrogen (secondary N) is 1. The predicted molar refractivity (Wildman–Crippen MR) is 76.4 cm³/mol. The third kappa shape index (κ3) is 4.87.